The van der Waals surface area contributed by atoms with Crippen LogP contribution in [0.4, 0.5) is 8.22 Å². The largest absolute Gasteiger partial charge is 0.477 e. The average Bonchev–Trinajstić information content (AvgIpc) is 2.27. The Kier molecular flexibility index (Phi) is 5.99. The summed E-state index contributed by atoms with van der Waals surface area (Å²) in [4.78, 5) is 0. The molecule has 0 spiro atoms. The van der Waals surface area contributed by atoms with Gasteiger partial charge in [-0.1, -0.05) is 52.0 Å². The fourth-order valence-corrected chi connectivity index (χ4v) is 3.32. The molecule has 0 aliphatic heterocycles. The monoisotopic (exact) mass is 269 g/mol. The Morgan fingerprint density at radius 2 is 1.67 bits per heavy atom. The molecule has 1 atom stereocenters. The predicted molar refractivity (Wildman–Crippen MR) is 75.3 cm³/mol. The summed E-state index contributed by atoms with van der Waals surface area (Å²) in [5, 5.41) is 0. The van der Waals surface area contributed by atoms with Crippen LogP contribution < -0.4 is 0 Å². The van der Waals surface area contributed by atoms with Crippen molar-refractivity contribution in [3.63, 3.8) is 0 Å². The Morgan fingerprint density at radius 3 is 2.17 bits per heavy atom. The predicted octanol–water partition coefficient (Wildman–Crippen LogP) is 5.05. The van der Waals surface area contributed by atoms with Gasteiger partial charge in [-0.3, -0.25) is 8.22 Å². The van der Waals surface area contributed by atoms with E-state index in [-0.39, 0.29) is 12.0 Å². The Labute approximate surface area is 111 Å². The second-order valence-electron chi connectivity index (χ2n) is 5.60. The molecule has 0 nitrogen and oxygen atoms in total. The maximum absolute atomic E-state index is 12.7. The molecular formula is C15H23F2Si. The Balaban J connectivity index is 2.86. The molecule has 0 saturated heterocycles. The van der Waals surface area contributed by atoms with E-state index in [1.165, 1.54) is 11.1 Å². The zero-order chi connectivity index (χ0) is 13.7. The normalized spacial score (nSPS) is 13.6. The first-order chi connectivity index (χ1) is 8.41. The van der Waals surface area contributed by atoms with Crippen LogP contribution in [0.1, 0.15) is 44.7 Å². The summed E-state index contributed by atoms with van der Waals surface area (Å²) in [7, 11) is -3.13. The maximum atomic E-state index is 12.7. The lowest BCUT2D eigenvalue weighted by Crippen LogP contribution is -2.17. The van der Waals surface area contributed by atoms with Crippen molar-refractivity contribution >= 4 is 9.46 Å². The summed E-state index contributed by atoms with van der Waals surface area (Å²) in [6.45, 7) is 8.41. The first kappa shape index (κ1) is 15.4. The molecule has 1 aromatic rings. The molecule has 0 aliphatic carbocycles. The highest BCUT2D eigenvalue weighted by Gasteiger charge is 2.23. The highest BCUT2D eigenvalue weighted by molar-refractivity contribution is 6.42. The van der Waals surface area contributed by atoms with Gasteiger partial charge in [0.25, 0.3) is 0 Å². The summed E-state index contributed by atoms with van der Waals surface area (Å²) >= 11 is 0. The van der Waals surface area contributed by atoms with E-state index >= 15 is 0 Å². The minimum Gasteiger partial charge on any atom is -0.268 e. The van der Waals surface area contributed by atoms with Crippen molar-refractivity contribution < 1.29 is 8.22 Å². The summed E-state index contributed by atoms with van der Waals surface area (Å²) < 4.78 is 25.4. The SMILES string of the molecule is CC(C)c1ccccc1CC(C[Si](F)F)C(C)C. The fraction of sp³-hybridized carbons (Fsp3) is 0.600. The molecule has 18 heavy (non-hydrogen) atoms. The molecule has 0 bridgehead atoms. The lowest BCUT2D eigenvalue weighted by molar-refractivity contribution is 0.398. The minimum atomic E-state index is -3.13. The highest BCUT2D eigenvalue weighted by Crippen LogP contribution is 2.27. The van der Waals surface area contributed by atoms with Crippen LogP contribution in [-0.2, 0) is 6.42 Å². The van der Waals surface area contributed by atoms with Gasteiger partial charge in [0.1, 0.15) is 0 Å². The van der Waals surface area contributed by atoms with E-state index in [9.17, 15) is 8.22 Å². The van der Waals surface area contributed by atoms with Crippen molar-refractivity contribution in [2.24, 2.45) is 11.8 Å². The van der Waals surface area contributed by atoms with Gasteiger partial charge in [-0.25, -0.2) is 0 Å². The van der Waals surface area contributed by atoms with Crippen LogP contribution >= 0.6 is 0 Å². The van der Waals surface area contributed by atoms with Crippen LogP contribution in [0.2, 0.25) is 6.04 Å². The third-order valence-corrected chi connectivity index (χ3v) is 4.35. The van der Waals surface area contributed by atoms with Crippen LogP contribution in [0.3, 0.4) is 0 Å². The van der Waals surface area contributed by atoms with Gasteiger partial charge in [0.15, 0.2) is 0 Å². The minimum absolute atomic E-state index is 0.105. The number of halogens is 2. The van der Waals surface area contributed by atoms with Gasteiger partial charge >= 0.3 is 9.46 Å². The lowest BCUT2D eigenvalue weighted by atomic mass is 9.86. The quantitative estimate of drug-likeness (QED) is 0.500. The third-order valence-electron chi connectivity index (χ3n) is 3.52. The Bertz CT molecular complexity index is 361. The first-order valence-electron chi connectivity index (χ1n) is 6.66. The average molecular weight is 269 g/mol. The van der Waals surface area contributed by atoms with E-state index in [0.717, 1.165) is 6.42 Å². The Morgan fingerprint density at radius 1 is 1.06 bits per heavy atom. The van der Waals surface area contributed by atoms with Crippen LogP contribution in [0.5, 0.6) is 0 Å². The van der Waals surface area contributed by atoms with E-state index in [4.69, 9.17) is 0 Å². The first-order valence-corrected chi connectivity index (χ1v) is 8.12. The number of benzene rings is 1. The number of hydrogen-bond donors (Lipinski definition) is 0. The van der Waals surface area contributed by atoms with Crippen LogP contribution in [0, 0.1) is 11.8 Å². The van der Waals surface area contributed by atoms with E-state index in [2.05, 4.69) is 26.0 Å². The van der Waals surface area contributed by atoms with Gasteiger partial charge in [0.2, 0.25) is 0 Å². The molecule has 0 aromatic heterocycles. The molecule has 101 valence electrons. The Hall–Kier alpha value is -0.703. The van der Waals surface area contributed by atoms with Crippen molar-refractivity contribution in [3.05, 3.63) is 35.4 Å². The summed E-state index contributed by atoms with van der Waals surface area (Å²) in [5.41, 5.74) is 2.55. The molecule has 0 saturated carbocycles. The topological polar surface area (TPSA) is 0 Å². The van der Waals surface area contributed by atoms with E-state index in [0.29, 0.717) is 11.8 Å². The smallest absolute Gasteiger partial charge is 0.268 e. The molecule has 0 fully saturated rings. The molecule has 1 unspecified atom stereocenters. The standard InChI is InChI=1S/C15H23F2Si/c1-11(2)14(10-18(16)17)9-13-7-5-6-8-15(13)12(3)4/h5-8,11-12,14H,9-10H2,1-4H3. The molecule has 0 heterocycles. The second kappa shape index (κ2) is 7.03. The van der Waals surface area contributed by atoms with Crippen molar-refractivity contribution in [2.75, 3.05) is 0 Å². The zero-order valence-electron chi connectivity index (χ0n) is 11.7. The van der Waals surface area contributed by atoms with Gasteiger partial charge in [0.05, 0.1) is 0 Å². The van der Waals surface area contributed by atoms with Crippen LogP contribution in [-0.4, -0.2) is 9.46 Å². The van der Waals surface area contributed by atoms with Crippen LogP contribution in [0.25, 0.3) is 0 Å². The van der Waals surface area contributed by atoms with E-state index < -0.39 is 9.46 Å². The van der Waals surface area contributed by atoms with Gasteiger partial charge in [0, 0.05) is 6.04 Å². The van der Waals surface area contributed by atoms with E-state index in [1.807, 2.05) is 26.0 Å². The van der Waals surface area contributed by atoms with Crippen molar-refractivity contribution in [2.45, 2.75) is 46.1 Å². The zero-order valence-corrected chi connectivity index (χ0v) is 12.7. The molecule has 0 N–H and O–H groups in total. The van der Waals surface area contributed by atoms with Gasteiger partial charge in [-0.15, -0.1) is 0 Å². The molecule has 3 heteroatoms. The summed E-state index contributed by atoms with van der Waals surface area (Å²) in [5.74, 6) is 0.875. The maximum Gasteiger partial charge on any atom is 0.477 e. The molecular weight excluding hydrogens is 246 g/mol. The second-order valence-corrected chi connectivity index (χ2v) is 6.69. The third kappa shape index (κ3) is 4.52. The summed E-state index contributed by atoms with van der Waals surface area (Å²) in [6.07, 6.45) is 0.786. The fourth-order valence-electron chi connectivity index (χ4n) is 2.31. The molecule has 1 aromatic carbocycles. The highest BCUT2D eigenvalue weighted by atomic mass is 28.4. The summed E-state index contributed by atoms with van der Waals surface area (Å²) in [6, 6.07) is 8.36. The van der Waals surface area contributed by atoms with Crippen molar-refractivity contribution in [1.29, 1.82) is 0 Å². The molecule has 0 aliphatic rings. The van der Waals surface area contributed by atoms with E-state index in [1.54, 1.807) is 0 Å². The number of rotatable bonds is 6. The van der Waals surface area contributed by atoms with Gasteiger partial charge in [-0.2, -0.15) is 0 Å². The van der Waals surface area contributed by atoms with Crippen molar-refractivity contribution in [1.82, 2.24) is 0 Å². The molecule has 0 amide bonds. The van der Waals surface area contributed by atoms with Gasteiger partial charge in [-0.05, 0) is 35.3 Å². The van der Waals surface area contributed by atoms with Crippen LogP contribution in [0.15, 0.2) is 24.3 Å². The number of hydrogen-bond acceptors (Lipinski definition) is 0. The lowest BCUT2D eigenvalue weighted by Gasteiger charge is -2.22. The molecule has 1 radical (unpaired) electrons. The van der Waals surface area contributed by atoms with Gasteiger partial charge < -0.3 is 0 Å². The van der Waals surface area contributed by atoms with Crippen molar-refractivity contribution in [3.8, 4) is 0 Å². The molecule has 1 rings (SSSR count).